The van der Waals surface area contributed by atoms with Crippen molar-refractivity contribution in [3.63, 3.8) is 0 Å². The zero-order chi connectivity index (χ0) is 16.1. The fourth-order valence-corrected chi connectivity index (χ4v) is 1.81. The van der Waals surface area contributed by atoms with Gasteiger partial charge >= 0.3 is 11.9 Å². The zero-order valence-electron chi connectivity index (χ0n) is 12.5. The Bertz CT molecular complexity index is 326. The molecule has 0 aliphatic rings. The van der Waals surface area contributed by atoms with E-state index in [-0.39, 0.29) is 13.0 Å². The maximum Gasteiger partial charge on any atom is 0.307 e. The van der Waals surface area contributed by atoms with Gasteiger partial charge in [-0.05, 0) is 26.2 Å². The van der Waals surface area contributed by atoms with Crippen molar-refractivity contribution < 1.29 is 29.6 Å². The summed E-state index contributed by atoms with van der Waals surface area (Å²) >= 11 is 0. The van der Waals surface area contributed by atoms with Crippen LogP contribution in [-0.2, 0) is 14.3 Å². The van der Waals surface area contributed by atoms with Crippen LogP contribution in [0.1, 0.15) is 45.4 Å². The summed E-state index contributed by atoms with van der Waals surface area (Å²) in [6.07, 6.45) is 6.82. The van der Waals surface area contributed by atoms with Crippen molar-refractivity contribution in [2.75, 3.05) is 13.2 Å². The second kappa shape index (κ2) is 12.3. The number of aliphatic hydroxyl groups excluding tert-OH is 2. The number of hydrogen-bond acceptors (Lipinski definition) is 5. The number of carboxylic acid groups (broad SMARTS) is 1. The SMILES string of the molecule is C/C=C/CCCCCC(CC(=O)OCC(O)CO)C(=O)O. The van der Waals surface area contributed by atoms with Crippen LogP contribution < -0.4 is 0 Å². The fourth-order valence-electron chi connectivity index (χ4n) is 1.81. The number of aliphatic hydroxyl groups is 2. The van der Waals surface area contributed by atoms with Crippen LogP contribution in [0.5, 0.6) is 0 Å². The molecule has 0 aliphatic carbocycles. The van der Waals surface area contributed by atoms with Crippen LogP contribution in [-0.4, -0.2) is 46.6 Å². The lowest BCUT2D eigenvalue weighted by Gasteiger charge is -2.13. The number of aliphatic carboxylic acids is 1. The highest BCUT2D eigenvalue weighted by Gasteiger charge is 2.22. The van der Waals surface area contributed by atoms with Crippen molar-refractivity contribution >= 4 is 11.9 Å². The highest BCUT2D eigenvalue weighted by molar-refractivity contribution is 5.78. The topological polar surface area (TPSA) is 104 Å². The van der Waals surface area contributed by atoms with Crippen molar-refractivity contribution in [1.29, 1.82) is 0 Å². The predicted octanol–water partition coefficient (Wildman–Crippen LogP) is 1.50. The number of hydrogen-bond donors (Lipinski definition) is 3. The molecule has 0 rings (SSSR count). The van der Waals surface area contributed by atoms with Gasteiger partial charge in [-0.25, -0.2) is 0 Å². The third kappa shape index (κ3) is 11.0. The number of carbonyl (C=O) groups excluding carboxylic acids is 1. The minimum absolute atomic E-state index is 0.206. The van der Waals surface area contributed by atoms with Crippen LogP contribution in [0.3, 0.4) is 0 Å². The van der Waals surface area contributed by atoms with Crippen LogP contribution in [0.4, 0.5) is 0 Å². The normalized spacial score (nSPS) is 14.0. The van der Waals surface area contributed by atoms with E-state index in [0.717, 1.165) is 25.7 Å². The van der Waals surface area contributed by atoms with E-state index in [9.17, 15) is 9.59 Å². The molecule has 122 valence electrons. The van der Waals surface area contributed by atoms with Crippen molar-refractivity contribution in [2.45, 2.75) is 51.6 Å². The molecule has 21 heavy (non-hydrogen) atoms. The number of rotatable bonds is 12. The van der Waals surface area contributed by atoms with Gasteiger partial charge in [-0.2, -0.15) is 0 Å². The fraction of sp³-hybridized carbons (Fsp3) is 0.733. The van der Waals surface area contributed by atoms with Crippen molar-refractivity contribution in [3.8, 4) is 0 Å². The van der Waals surface area contributed by atoms with Gasteiger partial charge in [0.25, 0.3) is 0 Å². The average molecular weight is 302 g/mol. The monoisotopic (exact) mass is 302 g/mol. The van der Waals surface area contributed by atoms with E-state index in [4.69, 9.17) is 20.1 Å². The maximum atomic E-state index is 11.5. The first-order chi connectivity index (χ1) is 10.0. The molecule has 0 bridgehead atoms. The molecule has 0 aliphatic heterocycles. The predicted molar refractivity (Wildman–Crippen MR) is 77.7 cm³/mol. The summed E-state index contributed by atoms with van der Waals surface area (Å²) < 4.78 is 4.71. The Kier molecular flexibility index (Phi) is 11.5. The van der Waals surface area contributed by atoms with Gasteiger partial charge in [0.15, 0.2) is 0 Å². The summed E-state index contributed by atoms with van der Waals surface area (Å²) in [7, 11) is 0. The van der Waals surface area contributed by atoms with E-state index < -0.39 is 30.6 Å². The van der Waals surface area contributed by atoms with E-state index >= 15 is 0 Å². The molecule has 0 aromatic carbocycles. The number of esters is 1. The van der Waals surface area contributed by atoms with Crippen molar-refractivity contribution in [1.82, 2.24) is 0 Å². The van der Waals surface area contributed by atoms with Crippen LogP contribution in [0, 0.1) is 5.92 Å². The Labute approximate surface area is 125 Å². The highest BCUT2D eigenvalue weighted by Crippen LogP contribution is 2.16. The van der Waals surface area contributed by atoms with E-state index in [2.05, 4.69) is 6.08 Å². The molecule has 0 aromatic heterocycles. The summed E-state index contributed by atoms with van der Waals surface area (Å²) in [5, 5.41) is 26.7. The zero-order valence-corrected chi connectivity index (χ0v) is 12.5. The first-order valence-corrected chi connectivity index (χ1v) is 7.29. The van der Waals surface area contributed by atoms with Gasteiger partial charge in [0, 0.05) is 0 Å². The van der Waals surface area contributed by atoms with Gasteiger partial charge in [-0.3, -0.25) is 9.59 Å². The van der Waals surface area contributed by atoms with E-state index in [0.29, 0.717) is 6.42 Å². The Morgan fingerprint density at radius 3 is 2.52 bits per heavy atom. The van der Waals surface area contributed by atoms with Gasteiger partial charge in [0.1, 0.15) is 12.7 Å². The Balaban J connectivity index is 3.96. The molecule has 2 atom stereocenters. The van der Waals surface area contributed by atoms with Crippen LogP contribution in [0.25, 0.3) is 0 Å². The first-order valence-electron chi connectivity index (χ1n) is 7.29. The molecule has 0 aromatic rings. The molecule has 0 saturated carbocycles. The molecule has 6 heteroatoms. The minimum Gasteiger partial charge on any atom is -0.481 e. The number of unbranched alkanes of at least 4 members (excludes halogenated alkanes) is 3. The molecule has 0 saturated heterocycles. The molecule has 0 fully saturated rings. The lowest BCUT2D eigenvalue weighted by Crippen LogP contribution is -2.24. The van der Waals surface area contributed by atoms with Crippen LogP contribution in [0.15, 0.2) is 12.2 Å². The molecule has 0 amide bonds. The van der Waals surface area contributed by atoms with Gasteiger partial charge in [-0.1, -0.05) is 25.0 Å². The minimum atomic E-state index is -1.12. The number of carbonyl (C=O) groups is 2. The third-order valence-corrected chi connectivity index (χ3v) is 3.07. The Morgan fingerprint density at radius 1 is 1.24 bits per heavy atom. The Morgan fingerprint density at radius 2 is 1.95 bits per heavy atom. The largest absolute Gasteiger partial charge is 0.481 e. The molecule has 0 radical (unpaired) electrons. The molecular weight excluding hydrogens is 276 g/mol. The maximum absolute atomic E-state index is 11.5. The molecule has 3 N–H and O–H groups in total. The second-order valence-corrected chi connectivity index (χ2v) is 4.97. The van der Waals surface area contributed by atoms with Crippen molar-refractivity contribution in [2.24, 2.45) is 5.92 Å². The molecular formula is C15H26O6. The summed E-state index contributed by atoms with van der Waals surface area (Å²) in [5.74, 6) is -2.43. The summed E-state index contributed by atoms with van der Waals surface area (Å²) in [5.41, 5.74) is 0. The molecule has 6 nitrogen and oxygen atoms in total. The van der Waals surface area contributed by atoms with E-state index in [1.54, 1.807) is 0 Å². The van der Waals surface area contributed by atoms with Gasteiger partial charge in [-0.15, -0.1) is 0 Å². The second-order valence-electron chi connectivity index (χ2n) is 4.97. The summed E-state index contributed by atoms with van der Waals surface area (Å²) in [6.45, 7) is 1.15. The first kappa shape index (κ1) is 19.6. The number of allylic oxidation sites excluding steroid dienone is 2. The Hall–Kier alpha value is -1.40. The smallest absolute Gasteiger partial charge is 0.307 e. The lowest BCUT2D eigenvalue weighted by atomic mass is 9.97. The van der Waals surface area contributed by atoms with Crippen LogP contribution >= 0.6 is 0 Å². The highest BCUT2D eigenvalue weighted by atomic mass is 16.5. The molecule has 0 heterocycles. The van der Waals surface area contributed by atoms with E-state index in [1.807, 2.05) is 13.0 Å². The quantitative estimate of drug-likeness (QED) is 0.287. The standard InChI is InChI=1S/C15H26O6/c1-2-3-4-5-6-7-8-12(15(19)20)9-14(18)21-11-13(17)10-16/h2-3,12-13,16-17H,4-11H2,1H3,(H,19,20)/b3-2+. The van der Waals surface area contributed by atoms with Crippen molar-refractivity contribution in [3.05, 3.63) is 12.2 Å². The molecule has 2 unspecified atom stereocenters. The van der Waals surface area contributed by atoms with Gasteiger partial charge in [0.05, 0.1) is 18.9 Å². The van der Waals surface area contributed by atoms with Gasteiger partial charge < -0.3 is 20.1 Å². The third-order valence-electron chi connectivity index (χ3n) is 3.07. The summed E-state index contributed by atoms with van der Waals surface area (Å²) in [6, 6.07) is 0. The van der Waals surface area contributed by atoms with Crippen LogP contribution in [0.2, 0.25) is 0 Å². The number of carboxylic acids is 1. The van der Waals surface area contributed by atoms with Gasteiger partial charge in [0.2, 0.25) is 0 Å². The summed E-state index contributed by atoms with van der Waals surface area (Å²) in [4.78, 5) is 22.6. The molecule has 0 spiro atoms. The average Bonchev–Trinajstić information content (AvgIpc) is 2.46. The van der Waals surface area contributed by atoms with E-state index in [1.165, 1.54) is 0 Å². The number of ether oxygens (including phenoxy) is 1. The lowest BCUT2D eigenvalue weighted by molar-refractivity contribution is -0.154.